The number of likely N-dealkylation sites (N-methyl/N-ethyl adjacent to an activating group) is 1. The van der Waals surface area contributed by atoms with Crippen LogP contribution in [-0.2, 0) is 19.4 Å². The van der Waals surface area contributed by atoms with E-state index in [2.05, 4.69) is 10.6 Å². The number of anilines is 1. The van der Waals surface area contributed by atoms with Crippen LogP contribution in [-0.4, -0.2) is 62.3 Å². The number of sulfone groups is 1. The van der Waals surface area contributed by atoms with E-state index in [1.807, 2.05) is 49.4 Å². The van der Waals surface area contributed by atoms with E-state index >= 15 is 0 Å². The summed E-state index contributed by atoms with van der Waals surface area (Å²) in [6.45, 7) is 2.53. The Kier molecular flexibility index (Phi) is 6.31. The third-order valence-corrected chi connectivity index (χ3v) is 6.61. The minimum absolute atomic E-state index is 0.00751. The topological polar surface area (TPSA) is 95.6 Å². The Morgan fingerprint density at radius 3 is 2.50 bits per heavy atom. The third kappa shape index (κ3) is 5.30. The Morgan fingerprint density at radius 2 is 1.79 bits per heavy atom. The highest BCUT2D eigenvalue weighted by Gasteiger charge is 2.29. The number of hydrogen-bond donors (Lipinski definition) is 2. The number of nitrogens with zero attached hydrogens (tertiary/aromatic N) is 1. The summed E-state index contributed by atoms with van der Waals surface area (Å²) in [6.07, 6.45) is 0.446. The molecule has 2 aromatic rings. The van der Waals surface area contributed by atoms with Gasteiger partial charge in [-0.25, -0.2) is 8.42 Å². The SMILES string of the molecule is CCN(CC(=O)Nc1cccc2ccccc12)CC(=O)N[C@H]1CCS(=O)(=O)C1. The van der Waals surface area contributed by atoms with Gasteiger partial charge in [0.15, 0.2) is 9.84 Å². The van der Waals surface area contributed by atoms with Crippen molar-refractivity contribution in [3.05, 3.63) is 42.5 Å². The minimum Gasteiger partial charge on any atom is -0.351 e. The van der Waals surface area contributed by atoms with Crippen molar-refractivity contribution in [3.8, 4) is 0 Å². The molecule has 1 saturated heterocycles. The molecule has 2 aromatic carbocycles. The number of hydrogen-bond acceptors (Lipinski definition) is 5. The van der Waals surface area contributed by atoms with E-state index < -0.39 is 9.84 Å². The fourth-order valence-electron chi connectivity index (χ4n) is 3.39. The largest absolute Gasteiger partial charge is 0.351 e. The summed E-state index contributed by atoms with van der Waals surface area (Å²) < 4.78 is 23.0. The molecule has 1 heterocycles. The fourth-order valence-corrected chi connectivity index (χ4v) is 5.07. The van der Waals surface area contributed by atoms with Gasteiger partial charge in [0.25, 0.3) is 0 Å². The Hall–Kier alpha value is -2.45. The maximum atomic E-state index is 12.5. The summed E-state index contributed by atoms with van der Waals surface area (Å²) in [5.74, 6) is -0.355. The van der Waals surface area contributed by atoms with Crippen molar-refractivity contribution in [1.82, 2.24) is 10.2 Å². The maximum Gasteiger partial charge on any atom is 0.238 e. The summed E-state index contributed by atoms with van der Waals surface area (Å²) >= 11 is 0. The van der Waals surface area contributed by atoms with Crippen molar-refractivity contribution in [2.75, 3.05) is 36.5 Å². The molecular weight excluding hydrogens is 378 g/mol. The molecule has 28 heavy (non-hydrogen) atoms. The molecule has 1 fully saturated rings. The highest BCUT2D eigenvalue weighted by molar-refractivity contribution is 7.91. The zero-order chi connectivity index (χ0) is 20.1. The first-order chi connectivity index (χ1) is 13.4. The molecule has 8 heteroatoms. The quantitative estimate of drug-likeness (QED) is 0.729. The van der Waals surface area contributed by atoms with Gasteiger partial charge < -0.3 is 10.6 Å². The maximum absolute atomic E-state index is 12.5. The van der Waals surface area contributed by atoms with Gasteiger partial charge in [0.1, 0.15) is 0 Å². The second kappa shape index (κ2) is 8.70. The molecule has 0 aromatic heterocycles. The number of carbonyl (C=O) groups is 2. The number of benzene rings is 2. The normalized spacial score (nSPS) is 18.3. The molecule has 1 aliphatic rings. The van der Waals surface area contributed by atoms with E-state index in [0.717, 1.165) is 16.5 Å². The average Bonchev–Trinajstić information content (AvgIpc) is 2.99. The summed E-state index contributed by atoms with van der Waals surface area (Å²) in [5.41, 5.74) is 0.736. The van der Waals surface area contributed by atoms with Crippen LogP contribution in [0.2, 0.25) is 0 Å². The van der Waals surface area contributed by atoms with Crippen molar-refractivity contribution in [1.29, 1.82) is 0 Å². The van der Waals surface area contributed by atoms with Gasteiger partial charge in [-0.15, -0.1) is 0 Å². The average molecular weight is 404 g/mol. The lowest BCUT2D eigenvalue weighted by molar-refractivity contribution is -0.123. The smallest absolute Gasteiger partial charge is 0.238 e. The number of nitrogens with one attached hydrogen (secondary N) is 2. The number of carbonyl (C=O) groups excluding carboxylic acids is 2. The van der Waals surface area contributed by atoms with Crippen LogP contribution >= 0.6 is 0 Å². The lowest BCUT2D eigenvalue weighted by Gasteiger charge is -2.21. The van der Waals surface area contributed by atoms with Crippen molar-refractivity contribution in [2.24, 2.45) is 0 Å². The number of fused-ring (bicyclic) bond motifs is 1. The fraction of sp³-hybridized carbons (Fsp3) is 0.400. The van der Waals surface area contributed by atoms with Crippen molar-refractivity contribution in [3.63, 3.8) is 0 Å². The van der Waals surface area contributed by atoms with E-state index in [-0.39, 0.29) is 42.5 Å². The van der Waals surface area contributed by atoms with Gasteiger partial charge in [0, 0.05) is 17.1 Å². The van der Waals surface area contributed by atoms with Crippen LogP contribution in [0.4, 0.5) is 5.69 Å². The molecule has 7 nitrogen and oxygen atoms in total. The highest BCUT2D eigenvalue weighted by atomic mass is 32.2. The highest BCUT2D eigenvalue weighted by Crippen LogP contribution is 2.22. The molecule has 2 N–H and O–H groups in total. The predicted molar refractivity (Wildman–Crippen MR) is 110 cm³/mol. The van der Waals surface area contributed by atoms with E-state index in [4.69, 9.17) is 0 Å². The summed E-state index contributed by atoms with van der Waals surface area (Å²) in [4.78, 5) is 26.4. The van der Waals surface area contributed by atoms with Gasteiger partial charge in [-0.05, 0) is 24.4 Å². The van der Waals surface area contributed by atoms with Crippen molar-refractivity contribution < 1.29 is 18.0 Å². The Bertz CT molecular complexity index is 969. The molecule has 0 bridgehead atoms. The van der Waals surface area contributed by atoms with Crippen LogP contribution < -0.4 is 10.6 Å². The lowest BCUT2D eigenvalue weighted by Crippen LogP contribution is -2.44. The van der Waals surface area contributed by atoms with Crippen LogP contribution in [0.15, 0.2) is 42.5 Å². The van der Waals surface area contributed by atoms with Crippen molar-refractivity contribution in [2.45, 2.75) is 19.4 Å². The zero-order valence-corrected chi connectivity index (χ0v) is 16.7. The monoisotopic (exact) mass is 403 g/mol. The van der Waals surface area contributed by atoms with E-state index in [0.29, 0.717) is 13.0 Å². The van der Waals surface area contributed by atoms with Crippen LogP contribution in [0.25, 0.3) is 10.8 Å². The number of rotatable bonds is 7. The Morgan fingerprint density at radius 1 is 1.07 bits per heavy atom. The summed E-state index contributed by atoms with van der Waals surface area (Å²) in [5, 5.41) is 7.67. The van der Waals surface area contributed by atoms with Gasteiger partial charge in [0.2, 0.25) is 11.8 Å². The standard InChI is InChI=1S/C20H25N3O4S/c1-2-23(12-19(24)21-16-10-11-28(26,27)14-16)13-20(25)22-18-9-5-7-15-6-3-4-8-17(15)18/h3-9,16H,2,10-14H2,1H3,(H,21,24)(H,22,25)/t16-/m0/s1. The second-order valence-corrected chi connectivity index (χ2v) is 9.27. The second-order valence-electron chi connectivity index (χ2n) is 7.05. The molecule has 0 unspecified atom stereocenters. The van der Waals surface area contributed by atoms with Crippen molar-refractivity contribution >= 4 is 38.1 Å². The first kappa shape index (κ1) is 20.3. The first-order valence-corrected chi connectivity index (χ1v) is 11.2. The molecule has 0 aliphatic carbocycles. The van der Waals surface area contributed by atoms with E-state index in [9.17, 15) is 18.0 Å². The van der Waals surface area contributed by atoms with Gasteiger partial charge in [-0.3, -0.25) is 14.5 Å². The lowest BCUT2D eigenvalue weighted by atomic mass is 10.1. The predicted octanol–water partition coefficient (Wildman–Crippen LogP) is 1.40. The molecule has 3 rings (SSSR count). The first-order valence-electron chi connectivity index (χ1n) is 9.36. The van der Waals surface area contributed by atoms with Crippen LogP contribution in [0.5, 0.6) is 0 Å². The minimum atomic E-state index is -3.04. The molecular formula is C20H25N3O4S. The van der Waals surface area contributed by atoms with Gasteiger partial charge in [-0.1, -0.05) is 43.3 Å². The Labute approximate surface area is 165 Å². The molecule has 1 aliphatic heterocycles. The molecule has 1 atom stereocenters. The van der Waals surface area contributed by atoms with Gasteiger partial charge >= 0.3 is 0 Å². The van der Waals surface area contributed by atoms with Crippen LogP contribution in [0, 0.1) is 0 Å². The molecule has 0 spiro atoms. The van der Waals surface area contributed by atoms with E-state index in [1.165, 1.54) is 0 Å². The molecule has 0 radical (unpaired) electrons. The van der Waals surface area contributed by atoms with E-state index in [1.54, 1.807) is 4.90 Å². The molecule has 0 saturated carbocycles. The summed E-state index contributed by atoms with van der Waals surface area (Å²) in [6, 6.07) is 13.2. The summed E-state index contributed by atoms with van der Waals surface area (Å²) in [7, 11) is -3.04. The van der Waals surface area contributed by atoms with Crippen LogP contribution in [0.1, 0.15) is 13.3 Å². The molecule has 150 valence electrons. The third-order valence-electron chi connectivity index (χ3n) is 4.84. The zero-order valence-electron chi connectivity index (χ0n) is 15.8. The van der Waals surface area contributed by atoms with Crippen LogP contribution in [0.3, 0.4) is 0 Å². The molecule has 2 amide bonds. The number of amides is 2. The Balaban J connectivity index is 1.55. The van der Waals surface area contributed by atoms with Gasteiger partial charge in [0.05, 0.1) is 24.6 Å². The van der Waals surface area contributed by atoms with Gasteiger partial charge in [-0.2, -0.15) is 0 Å².